The largest absolute Gasteiger partial charge is 0.480 e. The third-order valence-electron chi connectivity index (χ3n) is 1.02. The molecular formula is C5H10N2O3. The lowest BCUT2D eigenvalue weighted by Crippen LogP contribution is -2.31. The van der Waals surface area contributed by atoms with Crippen LogP contribution in [0.2, 0.25) is 0 Å². The van der Waals surface area contributed by atoms with Crippen LogP contribution >= 0.6 is 0 Å². The van der Waals surface area contributed by atoms with E-state index in [4.69, 9.17) is 16.6 Å². The fourth-order valence-electron chi connectivity index (χ4n) is 0.421. The monoisotopic (exact) mass is 146 g/mol. The topological polar surface area (TPSA) is 106 Å². The second kappa shape index (κ2) is 3.84. The quantitative estimate of drug-likeness (QED) is 0.456. The predicted molar refractivity (Wildman–Crippen MR) is 34.0 cm³/mol. The van der Waals surface area contributed by atoms with Crippen molar-refractivity contribution < 1.29 is 14.7 Å². The van der Waals surface area contributed by atoms with Crippen molar-refractivity contribution in [2.24, 2.45) is 11.5 Å². The van der Waals surface area contributed by atoms with Crippen molar-refractivity contribution in [2.45, 2.75) is 18.9 Å². The third kappa shape index (κ3) is 3.85. The standard InChI is InChI=1S/C5H10N2O3/c6-3(5(9)10)1-2-4(7)8/h3H,1-2,6H2,(H2,7,8)(H,9,10)/t3-/m0/s1/i3+0. The van der Waals surface area contributed by atoms with Crippen molar-refractivity contribution in [3.8, 4) is 0 Å². The molecule has 5 N–H and O–H groups in total. The molecule has 0 aromatic heterocycles. The summed E-state index contributed by atoms with van der Waals surface area (Å²) in [5, 5.41) is 8.22. The molecule has 1 atom stereocenters. The first kappa shape index (κ1) is 8.90. The first-order chi connectivity index (χ1) is 4.54. The van der Waals surface area contributed by atoms with Gasteiger partial charge in [-0.05, 0) is 6.42 Å². The molecule has 0 aliphatic heterocycles. The number of carbonyl (C=O) groups excluding carboxylic acids is 1. The highest BCUT2D eigenvalue weighted by molar-refractivity contribution is 5.76. The van der Waals surface area contributed by atoms with Crippen LogP contribution < -0.4 is 11.5 Å². The Kier molecular flexibility index (Phi) is 3.42. The number of rotatable bonds is 4. The van der Waals surface area contributed by atoms with E-state index in [0.29, 0.717) is 0 Å². The fraction of sp³-hybridized carbons (Fsp3) is 0.600. The SMILES string of the molecule is NC(=O)CC[12C@H](N)C(=O)O. The Balaban J connectivity index is 3.49. The molecule has 0 radical (unpaired) electrons. The van der Waals surface area contributed by atoms with Crippen LogP contribution in [0.3, 0.4) is 0 Å². The number of carboxylic acid groups (broad SMARTS) is 1. The highest BCUT2D eigenvalue weighted by Crippen LogP contribution is 1.92. The number of nitrogens with two attached hydrogens (primary N) is 2. The molecule has 58 valence electrons. The number of carbonyl (C=O) groups is 2. The van der Waals surface area contributed by atoms with E-state index in [-0.39, 0.29) is 12.8 Å². The normalized spacial score (nSPS) is 12.5. The average molecular weight is 146 g/mol. The summed E-state index contributed by atoms with van der Waals surface area (Å²) in [7, 11) is 0. The van der Waals surface area contributed by atoms with Gasteiger partial charge in [-0.2, -0.15) is 0 Å². The van der Waals surface area contributed by atoms with Crippen LogP contribution in [-0.4, -0.2) is 23.0 Å². The van der Waals surface area contributed by atoms with Crippen LogP contribution in [-0.2, 0) is 9.59 Å². The molecule has 1 amide bonds. The zero-order valence-corrected chi connectivity index (χ0v) is 5.41. The number of aliphatic carboxylic acids is 1. The molecule has 0 aliphatic rings. The van der Waals surface area contributed by atoms with Crippen molar-refractivity contribution in [1.29, 1.82) is 0 Å². The second-order valence-electron chi connectivity index (χ2n) is 1.95. The van der Waals surface area contributed by atoms with Crippen molar-refractivity contribution in [3.63, 3.8) is 0 Å². The highest BCUT2D eigenvalue weighted by atomic mass is 16.4. The fourth-order valence-corrected chi connectivity index (χ4v) is 0.421. The zero-order valence-electron chi connectivity index (χ0n) is 5.41. The van der Waals surface area contributed by atoms with E-state index in [2.05, 4.69) is 0 Å². The van der Waals surface area contributed by atoms with Gasteiger partial charge < -0.3 is 16.6 Å². The van der Waals surface area contributed by atoms with E-state index in [1.54, 1.807) is 0 Å². The molecular weight excluding hydrogens is 136 g/mol. The van der Waals surface area contributed by atoms with E-state index in [0.717, 1.165) is 0 Å². The Morgan fingerprint density at radius 2 is 2.00 bits per heavy atom. The van der Waals surface area contributed by atoms with Crippen molar-refractivity contribution in [1.82, 2.24) is 0 Å². The van der Waals surface area contributed by atoms with E-state index in [1.165, 1.54) is 0 Å². The summed E-state index contributed by atoms with van der Waals surface area (Å²) in [5.74, 6) is -1.64. The van der Waals surface area contributed by atoms with Crippen LogP contribution in [0.15, 0.2) is 0 Å². The summed E-state index contributed by atoms with van der Waals surface area (Å²) in [6.07, 6.45) is 0.123. The third-order valence-corrected chi connectivity index (χ3v) is 1.02. The first-order valence-electron chi connectivity index (χ1n) is 2.80. The molecule has 5 heteroatoms. The molecule has 0 spiro atoms. The highest BCUT2D eigenvalue weighted by Gasteiger charge is 2.11. The summed E-state index contributed by atoms with van der Waals surface area (Å²) in [6.45, 7) is 0. The Morgan fingerprint density at radius 3 is 2.30 bits per heavy atom. The Labute approximate surface area is 58.0 Å². The van der Waals surface area contributed by atoms with E-state index < -0.39 is 17.9 Å². The second-order valence-corrected chi connectivity index (χ2v) is 1.95. The zero-order chi connectivity index (χ0) is 8.15. The maximum Gasteiger partial charge on any atom is 0.320 e. The molecule has 0 saturated carbocycles. The molecule has 0 heterocycles. The van der Waals surface area contributed by atoms with Gasteiger partial charge in [0.2, 0.25) is 5.91 Å². The van der Waals surface area contributed by atoms with Crippen molar-refractivity contribution in [3.05, 3.63) is 0 Å². The lowest BCUT2D eigenvalue weighted by atomic mass is 10.1. The van der Waals surface area contributed by atoms with E-state index >= 15 is 0 Å². The summed E-state index contributed by atoms with van der Waals surface area (Å²) in [6, 6.07) is -0.979. The average Bonchev–Trinajstić information content (AvgIpc) is 1.82. The minimum absolute atomic E-state index is 0.0213. The summed E-state index contributed by atoms with van der Waals surface area (Å²) < 4.78 is 0. The summed E-state index contributed by atoms with van der Waals surface area (Å²) >= 11 is 0. The molecule has 10 heavy (non-hydrogen) atoms. The minimum Gasteiger partial charge on any atom is -0.480 e. The molecule has 0 aromatic rings. The van der Waals surface area contributed by atoms with Gasteiger partial charge in [-0.1, -0.05) is 0 Å². The van der Waals surface area contributed by atoms with Gasteiger partial charge in [0, 0.05) is 6.42 Å². The maximum atomic E-state index is 10.1. The van der Waals surface area contributed by atoms with Gasteiger partial charge in [0.25, 0.3) is 0 Å². The summed E-state index contributed by atoms with van der Waals surface area (Å²) in [4.78, 5) is 20.1. The van der Waals surface area contributed by atoms with Gasteiger partial charge in [-0.25, -0.2) is 0 Å². The van der Waals surface area contributed by atoms with Gasteiger partial charge in [-0.3, -0.25) is 9.59 Å². The molecule has 0 unspecified atom stereocenters. The Hall–Kier alpha value is -1.10. The van der Waals surface area contributed by atoms with Gasteiger partial charge in [0.05, 0.1) is 0 Å². The van der Waals surface area contributed by atoms with Gasteiger partial charge in [0.15, 0.2) is 0 Å². The molecule has 0 aliphatic carbocycles. The molecule has 0 bridgehead atoms. The van der Waals surface area contributed by atoms with Gasteiger partial charge in [-0.15, -0.1) is 0 Å². The molecule has 0 saturated heterocycles. The molecule has 5 nitrogen and oxygen atoms in total. The lowest BCUT2D eigenvalue weighted by molar-refractivity contribution is -0.138. The Morgan fingerprint density at radius 1 is 1.50 bits per heavy atom. The number of carboxylic acids is 1. The number of primary amides is 1. The van der Waals surface area contributed by atoms with Crippen LogP contribution in [0.1, 0.15) is 12.8 Å². The number of amides is 1. The molecule has 0 rings (SSSR count). The smallest absolute Gasteiger partial charge is 0.320 e. The minimum atomic E-state index is -1.11. The van der Waals surface area contributed by atoms with E-state index in [9.17, 15) is 9.59 Å². The van der Waals surface area contributed by atoms with E-state index in [1.807, 2.05) is 0 Å². The van der Waals surface area contributed by atoms with Crippen LogP contribution in [0.25, 0.3) is 0 Å². The van der Waals surface area contributed by atoms with Crippen molar-refractivity contribution >= 4 is 11.9 Å². The van der Waals surface area contributed by atoms with Gasteiger partial charge in [0.1, 0.15) is 6.04 Å². The van der Waals surface area contributed by atoms with Crippen LogP contribution in [0.5, 0.6) is 0 Å². The van der Waals surface area contributed by atoms with Gasteiger partial charge >= 0.3 is 5.97 Å². The van der Waals surface area contributed by atoms with Crippen LogP contribution in [0, 0.1) is 0 Å². The van der Waals surface area contributed by atoms with Crippen molar-refractivity contribution in [2.75, 3.05) is 0 Å². The summed E-state index contributed by atoms with van der Waals surface area (Å²) in [5.41, 5.74) is 9.81. The van der Waals surface area contributed by atoms with Crippen LogP contribution in [0.4, 0.5) is 0 Å². The maximum absolute atomic E-state index is 10.1. The predicted octanol–water partition coefficient (Wildman–Crippen LogP) is -1.34. The molecule has 0 aromatic carbocycles. The number of hydrogen-bond acceptors (Lipinski definition) is 3. The molecule has 0 fully saturated rings. The first-order valence-corrected chi connectivity index (χ1v) is 2.80. The Bertz CT molecular complexity index is 146. The number of hydrogen-bond donors (Lipinski definition) is 3. The lowest BCUT2D eigenvalue weighted by Gasteiger charge is -2.01.